The summed E-state index contributed by atoms with van der Waals surface area (Å²) in [5, 5.41) is 44.7. The van der Waals surface area contributed by atoms with Gasteiger partial charge in [0.25, 0.3) is 0 Å². The Bertz CT molecular complexity index is 1190. The molecule has 360 valence electrons. The van der Waals surface area contributed by atoms with Crippen molar-refractivity contribution in [3.05, 3.63) is 24.3 Å². The number of aliphatic hydroxyl groups excluding tert-OH is 4. The van der Waals surface area contributed by atoms with Crippen molar-refractivity contribution >= 4 is 16.3 Å². The van der Waals surface area contributed by atoms with Crippen LogP contribution in [0.3, 0.4) is 0 Å². The van der Waals surface area contributed by atoms with Gasteiger partial charge >= 0.3 is 10.4 Å². The van der Waals surface area contributed by atoms with Crippen molar-refractivity contribution in [1.29, 1.82) is 0 Å². The van der Waals surface area contributed by atoms with E-state index in [0.717, 1.165) is 38.5 Å². The molecule has 1 saturated heterocycles. The van der Waals surface area contributed by atoms with E-state index in [1.807, 2.05) is 6.08 Å². The number of allylic oxidation sites excluding steroid dienone is 3. The second kappa shape index (κ2) is 39.0. The first-order valence-corrected chi connectivity index (χ1v) is 26.1. The summed E-state index contributed by atoms with van der Waals surface area (Å²) in [6.07, 6.45) is 36.4. The van der Waals surface area contributed by atoms with Gasteiger partial charge in [0.15, 0.2) is 6.29 Å². The van der Waals surface area contributed by atoms with Gasteiger partial charge in [-0.05, 0) is 44.9 Å². The number of carbonyl (C=O) groups is 1. The molecule has 0 saturated carbocycles. The van der Waals surface area contributed by atoms with E-state index in [0.29, 0.717) is 6.42 Å². The highest BCUT2D eigenvalue weighted by atomic mass is 32.3. The normalized spacial score (nSPS) is 20.8. The summed E-state index contributed by atoms with van der Waals surface area (Å²) in [6.45, 7) is 3.38. The molecule has 7 atom stereocenters. The molecule has 1 fully saturated rings. The molecule has 6 N–H and O–H groups in total. The topological polar surface area (TPSA) is 192 Å². The van der Waals surface area contributed by atoms with E-state index in [4.69, 9.17) is 9.47 Å². The predicted molar refractivity (Wildman–Crippen MR) is 245 cm³/mol. The zero-order valence-corrected chi connectivity index (χ0v) is 39.3. The minimum Gasteiger partial charge on any atom is -0.394 e. The molecule has 61 heavy (non-hydrogen) atoms. The van der Waals surface area contributed by atoms with Gasteiger partial charge < -0.3 is 35.2 Å². The highest BCUT2D eigenvalue weighted by Gasteiger charge is 2.48. The lowest BCUT2D eigenvalue weighted by atomic mass is 9.99. The third-order valence-corrected chi connectivity index (χ3v) is 12.2. The smallest absolute Gasteiger partial charge is 0.394 e. The van der Waals surface area contributed by atoms with Crippen molar-refractivity contribution < 1.29 is 51.8 Å². The molecular formula is C48H91NO11S. The molecule has 4 unspecified atom stereocenters. The Morgan fingerprint density at radius 1 is 0.639 bits per heavy atom. The van der Waals surface area contributed by atoms with Gasteiger partial charge in [-0.25, -0.2) is 4.18 Å². The molecule has 1 amide bonds. The van der Waals surface area contributed by atoms with Gasteiger partial charge in [-0.15, -0.1) is 0 Å². The molecule has 1 heterocycles. The molecule has 0 aromatic heterocycles. The van der Waals surface area contributed by atoms with Crippen LogP contribution in [0.15, 0.2) is 24.3 Å². The van der Waals surface area contributed by atoms with E-state index in [1.54, 1.807) is 6.08 Å². The Morgan fingerprint density at radius 3 is 1.48 bits per heavy atom. The molecule has 12 nitrogen and oxygen atoms in total. The lowest BCUT2D eigenvalue weighted by molar-refractivity contribution is -0.298. The number of amides is 1. The van der Waals surface area contributed by atoms with Crippen molar-refractivity contribution in [1.82, 2.24) is 5.32 Å². The Morgan fingerprint density at radius 2 is 1.05 bits per heavy atom. The van der Waals surface area contributed by atoms with Crippen LogP contribution in [0.1, 0.15) is 219 Å². The zero-order chi connectivity index (χ0) is 44.8. The molecule has 0 bridgehead atoms. The van der Waals surface area contributed by atoms with E-state index in [9.17, 15) is 38.2 Å². The Hall–Kier alpha value is -1.42. The van der Waals surface area contributed by atoms with Crippen LogP contribution in [0.25, 0.3) is 0 Å². The van der Waals surface area contributed by atoms with E-state index < -0.39 is 59.9 Å². The number of hydrogen-bond acceptors (Lipinski definition) is 10. The number of nitrogens with one attached hydrogen (secondary N) is 1. The molecule has 0 aromatic rings. The van der Waals surface area contributed by atoms with Crippen LogP contribution in [-0.4, -0.2) is 95.4 Å². The number of rotatable bonds is 42. The Balaban J connectivity index is 2.44. The van der Waals surface area contributed by atoms with Gasteiger partial charge in [0, 0.05) is 6.42 Å². The van der Waals surface area contributed by atoms with E-state index >= 15 is 0 Å². The van der Waals surface area contributed by atoms with Crippen LogP contribution < -0.4 is 5.32 Å². The van der Waals surface area contributed by atoms with E-state index in [2.05, 4.69) is 35.5 Å². The quantitative estimate of drug-likeness (QED) is 0.0194. The third kappa shape index (κ3) is 32.0. The van der Waals surface area contributed by atoms with E-state index in [-0.39, 0.29) is 18.9 Å². The summed E-state index contributed by atoms with van der Waals surface area (Å²) in [4.78, 5) is 13.0. The predicted octanol–water partition coefficient (Wildman–Crippen LogP) is 10.1. The minimum atomic E-state index is -5.08. The summed E-state index contributed by atoms with van der Waals surface area (Å²) >= 11 is 0. The molecule has 1 aliphatic heterocycles. The van der Waals surface area contributed by atoms with Crippen molar-refractivity contribution in [2.45, 2.75) is 262 Å². The average Bonchev–Trinajstić information content (AvgIpc) is 3.23. The molecule has 0 aliphatic carbocycles. The Kier molecular flexibility index (Phi) is 36.8. The molecule has 0 radical (unpaired) electrons. The fourth-order valence-corrected chi connectivity index (χ4v) is 8.37. The first-order chi connectivity index (χ1) is 29.5. The van der Waals surface area contributed by atoms with Crippen LogP contribution >= 0.6 is 0 Å². The SMILES string of the molecule is CCCCCCCC/C=C\CCCCCCCCCCCCCC(=O)NC(CO[C@@H]1O[C@H](CO)[C@H](O)C(OS(=O)(=O)O)C1O)C(O)/C=C/CCCCCCCCCCCCC. The highest BCUT2D eigenvalue weighted by Crippen LogP contribution is 2.26. The summed E-state index contributed by atoms with van der Waals surface area (Å²) in [6, 6.07) is -0.941. The summed E-state index contributed by atoms with van der Waals surface area (Å²) < 4.78 is 47.6. The number of hydrogen-bond donors (Lipinski definition) is 6. The maximum absolute atomic E-state index is 13.0. The fraction of sp³-hybridized carbons (Fsp3) is 0.896. The van der Waals surface area contributed by atoms with Crippen LogP contribution in [-0.2, 0) is 28.9 Å². The summed E-state index contributed by atoms with van der Waals surface area (Å²) in [5.41, 5.74) is 0. The van der Waals surface area contributed by atoms with Crippen molar-refractivity contribution in [3.63, 3.8) is 0 Å². The van der Waals surface area contributed by atoms with Crippen LogP contribution in [0, 0.1) is 0 Å². The number of unbranched alkanes of at least 4 members (excludes halogenated alkanes) is 28. The van der Waals surface area contributed by atoms with Crippen molar-refractivity contribution in [3.8, 4) is 0 Å². The van der Waals surface area contributed by atoms with Crippen molar-refractivity contribution in [2.75, 3.05) is 13.2 Å². The summed E-state index contributed by atoms with van der Waals surface area (Å²) in [5.74, 6) is -0.263. The van der Waals surface area contributed by atoms with Gasteiger partial charge in [-0.2, -0.15) is 8.42 Å². The number of ether oxygens (including phenoxy) is 2. The minimum absolute atomic E-state index is 0.263. The van der Waals surface area contributed by atoms with Gasteiger partial charge in [0.1, 0.15) is 24.4 Å². The lowest BCUT2D eigenvalue weighted by Crippen LogP contribution is -2.61. The lowest BCUT2D eigenvalue weighted by Gasteiger charge is -2.41. The second-order valence-electron chi connectivity index (χ2n) is 17.4. The first-order valence-electron chi connectivity index (χ1n) is 24.7. The molecule has 1 rings (SSSR count). The van der Waals surface area contributed by atoms with Gasteiger partial charge in [-0.1, -0.05) is 192 Å². The second-order valence-corrected chi connectivity index (χ2v) is 18.4. The molecule has 13 heteroatoms. The maximum atomic E-state index is 13.0. The Labute approximate surface area is 372 Å². The van der Waals surface area contributed by atoms with Crippen LogP contribution in [0.4, 0.5) is 0 Å². The molecule has 1 aliphatic rings. The molecule has 0 spiro atoms. The molecular weight excluding hydrogens is 799 g/mol. The molecule has 0 aromatic carbocycles. The maximum Gasteiger partial charge on any atom is 0.397 e. The largest absolute Gasteiger partial charge is 0.397 e. The zero-order valence-electron chi connectivity index (χ0n) is 38.5. The fourth-order valence-electron chi connectivity index (χ4n) is 7.86. The van der Waals surface area contributed by atoms with Crippen LogP contribution in [0.2, 0.25) is 0 Å². The van der Waals surface area contributed by atoms with Crippen molar-refractivity contribution in [2.24, 2.45) is 0 Å². The standard InChI is InChI=1S/C48H91NO11S/c1-3-5-7-9-11-13-15-17-18-19-20-21-22-23-24-26-28-30-32-34-36-38-44(52)49-41(42(51)37-35-33-31-29-27-25-16-14-12-10-8-6-4-2)40-58-48-46(54)47(60-61(55,56)57)45(53)43(39-50)59-48/h17-18,35,37,41-43,45-48,50-51,53-54H,3-16,19-34,36,38-40H2,1-2H3,(H,49,52)(H,55,56,57)/b18-17-,37-35+/t41?,42?,43-,45+,46?,47?,48-/m1/s1. The summed E-state index contributed by atoms with van der Waals surface area (Å²) in [7, 11) is -5.08. The monoisotopic (exact) mass is 890 g/mol. The first kappa shape index (κ1) is 57.6. The van der Waals surface area contributed by atoms with E-state index in [1.165, 1.54) is 154 Å². The van der Waals surface area contributed by atoms with Gasteiger partial charge in [-0.3, -0.25) is 9.35 Å². The van der Waals surface area contributed by atoms with Gasteiger partial charge in [0.05, 0.1) is 25.4 Å². The number of carbonyl (C=O) groups excluding carboxylic acids is 1. The van der Waals surface area contributed by atoms with Crippen LogP contribution in [0.5, 0.6) is 0 Å². The average molecular weight is 890 g/mol. The van der Waals surface area contributed by atoms with Gasteiger partial charge in [0.2, 0.25) is 5.91 Å². The third-order valence-electron chi connectivity index (χ3n) is 11.7. The number of aliphatic hydroxyl groups is 4. The highest BCUT2D eigenvalue weighted by molar-refractivity contribution is 7.80.